The Bertz CT molecular complexity index is 897. The molecule has 0 radical (unpaired) electrons. The van der Waals surface area contributed by atoms with Crippen LogP contribution in [0.5, 0.6) is 11.5 Å². The highest BCUT2D eigenvalue weighted by Gasteiger charge is 2.41. The fraction of sp³-hybridized carbons (Fsp3) is 0.389. The Morgan fingerprint density at radius 3 is 2.92 bits per heavy atom. The molecule has 0 spiro atoms. The van der Waals surface area contributed by atoms with Crippen LogP contribution in [0, 0.1) is 5.41 Å². The van der Waals surface area contributed by atoms with Gasteiger partial charge in [0.1, 0.15) is 12.4 Å². The van der Waals surface area contributed by atoms with Crippen LogP contribution in [0.3, 0.4) is 0 Å². The van der Waals surface area contributed by atoms with E-state index in [0.29, 0.717) is 23.7 Å². The van der Waals surface area contributed by atoms with Gasteiger partial charge in [0.2, 0.25) is 5.95 Å². The van der Waals surface area contributed by atoms with Crippen LogP contribution in [-0.4, -0.2) is 32.8 Å². The summed E-state index contributed by atoms with van der Waals surface area (Å²) in [4.78, 5) is 17.2. The summed E-state index contributed by atoms with van der Waals surface area (Å²) < 4.78 is 6.94. The molecule has 130 valence electrons. The van der Waals surface area contributed by atoms with Gasteiger partial charge in [-0.1, -0.05) is 19.9 Å². The minimum absolute atomic E-state index is 0.0595. The molecule has 1 aromatic carbocycles. The third-order valence-corrected chi connectivity index (χ3v) is 4.79. The summed E-state index contributed by atoms with van der Waals surface area (Å²) in [5, 5.41) is 17.5. The molecule has 0 unspecified atom stereocenters. The number of ether oxygens (including phenoxy) is 1. The maximum Gasteiger partial charge on any atom is 0.226 e. The number of ketones is 1. The number of benzene rings is 1. The highest BCUT2D eigenvalue weighted by atomic mass is 16.5. The van der Waals surface area contributed by atoms with Crippen LogP contribution in [0.1, 0.15) is 38.3 Å². The van der Waals surface area contributed by atoms with Gasteiger partial charge in [0.15, 0.2) is 17.3 Å². The molecule has 1 aliphatic carbocycles. The molecule has 2 heterocycles. The minimum atomic E-state index is -0.383. The summed E-state index contributed by atoms with van der Waals surface area (Å²) in [6.07, 6.45) is 2.73. The number of carbonyl (C=O) groups is 1. The molecule has 1 aliphatic heterocycles. The molecule has 4 rings (SSSR count). The lowest BCUT2D eigenvalue weighted by molar-refractivity contribution is -0.118. The average molecular weight is 340 g/mol. The zero-order valence-electron chi connectivity index (χ0n) is 14.4. The number of allylic oxidation sites excluding steroid dienone is 2. The molecule has 7 nitrogen and oxygen atoms in total. The third-order valence-electron chi connectivity index (χ3n) is 4.79. The van der Waals surface area contributed by atoms with E-state index in [1.54, 1.807) is 22.9 Å². The summed E-state index contributed by atoms with van der Waals surface area (Å²) in [5.41, 5.74) is 2.34. The van der Waals surface area contributed by atoms with Crippen molar-refractivity contribution in [2.45, 2.75) is 32.7 Å². The number of hydrogen-bond donors (Lipinski definition) is 2. The maximum atomic E-state index is 12.9. The summed E-state index contributed by atoms with van der Waals surface area (Å²) in [7, 11) is 1.50. The largest absolute Gasteiger partial charge is 0.504 e. The fourth-order valence-electron chi connectivity index (χ4n) is 3.72. The van der Waals surface area contributed by atoms with Crippen LogP contribution in [0.25, 0.3) is 0 Å². The summed E-state index contributed by atoms with van der Waals surface area (Å²) in [5.74, 6) is 1.14. The molecule has 1 aromatic heterocycles. The lowest BCUT2D eigenvalue weighted by Gasteiger charge is -2.38. The topological polar surface area (TPSA) is 89.3 Å². The zero-order chi connectivity index (χ0) is 17.8. The minimum Gasteiger partial charge on any atom is -0.504 e. The second kappa shape index (κ2) is 5.34. The Balaban J connectivity index is 1.90. The Labute approximate surface area is 145 Å². The highest BCUT2D eigenvalue weighted by Crippen LogP contribution is 2.45. The number of nitrogens with zero attached hydrogens (tertiary/aromatic N) is 3. The molecule has 1 atom stereocenters. The number of anilines is 1. The van der Waals surface area contributed by atoms with Crippen LogP contribution in [0.2, 0.25) is 0 Å². The van der Waals surface area contributed by atoms with Crippen molar-refractivity contribution >= 4 is 11.7 Å². The predicted molar refractivity (Wildman–Crippen MR) is 91.5 cm³/mol. The van der Waals surface area contributed by atoms with E-state index in [1.165, 1.54) is 13.4 Å². The Kier molecular flexibility index (Phi) is 3.35. The molecule has 25 heavy (non-hydrogen) atoms. The molecule has 0 bridgehead atoms. The third kappa shape index (κ3) is 2.47. The number of methoxy groups -OCH3 is 1. The van der Waals surface area contributed by atoms with E-state index in [0.717, 1.165) is 17.7 Å². The van der Waals surface area contributed by atoms with Gasteiger partial charge in [0.05, 0.1) is 7.11 Å². The lowest BCUT2D eigenvalue weighted by atomic mass is 9.73. The fourth-order valence-corrected chi connectivity index (χ4v) is 3.72. The standard InChI is InChI=1S/C18H20N4O3/c1-18(2)7-11-15(13(24)8-18)16(22-17(21-11)19-9-20-22)10-4-5-12(23)14(6-10)25-3/h4-6,9,16,23H,7-8H2,1-3H3,(H,19,20,21)/t16-/m1/s1. The number of aromatic nitrogens is 3. The van der Waals surface area contributed by atoms with Gasteiger partial charge < -0.3 is 15.2 Å². The maximum absolute atomic E-state index is 12.9. The quantitative estimate of drug-likeness (QED) is 0.874. The van der Waals surface area contributed by atoms with Crippen molar-refractivity contribution in [2.24, 2.45) is 5.41 Å². The van der Waals surface area contributed by atoms with E-state index < -0.39 is 0 Å². The molecular weight excluding hydrogens is 320 g/mol. The van der Waals surface area contributed by atoms with Gasteiger partial charge in [0.25, 0.3) is 0 Å². The normalized spacial score (nSPS) is 21.4. The first-order valence-electron chi connectivity index (χ1n) is 8.19. The first-order chi connectivity index (χ1) is 11.9. The SMILES string of the molecule is COc1cc([C@@H]2C3=C(CC(C)(C)CC3=O)Nc3ncnn32)ccc1O. The number of rotatable bonds is 2. The van der Waals surface area contributed by atoms with Crippen LogP contribution < -0.4 is 10.1 Å². The van der Waals surface area contributed by atoms with Gasteiger partial charge in [-0.05, 0) is 29.5 Å². The Morgan fingerprint density at radius 2 is 2.16 bits per heavy atom. The van der Waals surface area contributed by atoms with E-state index in [2.05, 4.69) is 29.2 Å². The molecule has 0 fully saturated rings. The van der Waals surface area contributed by atoms with E-state index in [-0.39, 0.29) is 23.0 Å². The number of nitrogens with one attached hydrogen (secondary N) is 1. The van der Waals surface area contributed by atoms with Crippen LogP contribution in [0.4, 0.5) is 5.95 Å². The first kappa shape index (κ1) is 15.7. The number of phenols is 1. The van der Waals surface area contributed by atoms with Crippen LogP contribution >= 0.6 is 0 Å². The van der Waals surface area contributed by atoms with Gasteiger partial charge in [-0.3, -0.25) is 4.79 Å². The monoisotopic (exact) mass is 340 g/mol. The molecule has 2 aliphatic rings. The van der Waals surface area contributed by atoms with Crippen LogP contribution in [-0.2, 0) is 4.79 Å². The van der Waals surface area contributed by atoms with Gasteiger partial charge in [-0.25, -0.2) is 4.68 Å². The zero-order valence-corrected chi connectivity index (χ0v) is 14.4. The number of phenolic OH excluding ortho intramolecular Hbond substituents is 1. The summed E-state index contributed by atoms with van der Waals surface area (Å²) in [6, 6.07) is 4.72. The molecule has 0 saturated heterocycles. The van der Waals surface area contributed by atoms with E-state index >= 15 is 0 Å². The van der Waals surface area contributed by atoms with E-state index in [9.17, 15) is 9.90 Å². The Hall–Kier alpha value is -2.83. The number of Topliss-reactive ketones (excluding diaryl/α,β-unsaturated/α-hetero) is 1. The van der Waals surface area contributed by atoms with Crippen molar-refractivity contribution in [1.82, 2.24) is 14.8 Å². The highest BCUT2D eigenvalue weighted by molar-refractivity contribution is 6.00. The summed E-state index contributed by atoms with van der Waals surface area (Å²) >= 11 is 0. The first-order valence-corrected chi connectivity index (χ1v) is 8.19. The van der Waals surface area contributed by atoms with Gasteiger partial charge in [-0.15, -0.1) is 0 Å². The van der Waals surface area contributed by atoms with Gasteiger partial charge in [0, 0.05) is 17.7 Å². The smallest absolute Gasteiger partial charge is 0.226 e. The van der Waals surface area contributed by atoms with Crippen molar-refractivity contribution in [3.8, 4) is 11.5 Å². The molecular formula is C18H20N4O3. The number of carbonyl (C=O) groups excluding carboxylic acids is 1. The van der Waals surface area contributed by atoms with Gasteiger partial charge >= 0.3 is 0 Å². The lowest BCUT2D eigenvalue weighted by Crippen LogP contribution is -2.36. The van der Waals surface area contributed by atoms with Gasteiger partial charge in [-0.2, -0.15) is 10.1 Å². The molecule has 0 amide bonds. The van der Waals surface area contributed by atoms with Crippen molar-refractivity contribution in [1.29, 1.82) is 0 Å². The Morgan fingerprint density at radius 1 is 1.36 bits per heavy atom. The number of hydrogen-bond acceptors (Lipinski definition) is 6. The molecule has 0 saturated carbocycles. The van der Waals surface area contributed by atoms with E-state index in [4.69, 9.17) is 4.74 Å². The van der Waals surface area contributed by atoms with Crippen molar-refractivity contribution in [3.63, 3.8) is 0 Å². The van der Waals surface area contributed by atoms with Crippen LogP contribution in [0.15, 0.2) is 35.8 Å². The number of aromatic hydroxyl groups is 1. The summed E-state index contributed by atoms with van der Waals surface area (Å²) in [6.45, 7) is 4.18. The van der Waals surface area contributed by atoms with Crippen molar-refractivity contribution in [2.75, 3.05) is 12.4 Å². The van der Waals surface area contributed by atoms with Crippen molar-refractivity contribution in [3.05, 3.63) is 41.4 Å². The number of fused-ring (bicyclic) bond motifs is 1. The predicted octanol–water partition coefficient (Wildman–Crippen LogP) is 2.65. The molecule has 2 aromatic rings. The van der Waals surface area contributed by atoms with Crippen molar-refractivity contribution < 1.29 is 14.6 Å². The molecule has 2 N–H and O–H groups in total. The average Bonchev–Trinajstić information content (AvgIpc) is 3.00. The second-order valence-corrected chi connectivity index (χ2v) is 7.32. The van der Waals surface area contributed by atoms with E-state index in [1.807, 2.05) is 0 Å². The molecule has 7 heteroatoms. The second-order valence-electron chi connectivity index (χ2n) is 7.32.